The number of nitrogens with one attached hydrogen (secondary N) is 1. The highest BCUT2D eigenvalue weighted by Crippen LogP contribution is 2.23. The molecule has 3 rings (SSSR count). The van der Waals surface area contributed by atoms with Gasteiger partial charge in [0.1, 0.15) is 0 Å². The van der Waals surface area contributed by atoms with Crippen LogP contribution in [0, 0.1) is 5.92 Å². The van der Waals surface area contributed by atoms with Crippen LogP contribution in [0.25, 0.3) is 10.9 Å². The Morgan fingerprint density at radius 1 is 1.12 bits per heavy atom. The van der Waals surface area contributed by atoms with Gasteiger partial charge in [0.2, 0.25) is 5.91 Å². The van der Waals surface area contributed by atoms with Crippen LogP contribution in [0.15, 0.2) is 59.6 Å². The van der Waals surface area contributed by atoms with Gasteiger partial charge in [0, 0.05) is 34.9 Å². The summed E-state index contributed by atoms with van der Waals surface area (Å²) in [4.78, 5) is 11.2. The number of primary amides is 1. The average molecular weight is 371 g/mol. The van der Waals surface area contributed by atoms with E-state index in [4.69, 9.17) is 5.73 Å². The first-order chi connectivity index (χ1) is 12.3. The summed E-state index contributed by atoms with van der Waals surface area (Å²) in [5.74, 6) is -0.0783. The Labute approximate surface area is 152 Å². The molecule has 0 saturated heterocycles. The molecule has 0 unspecified atom stereocenters. The van der Waals surface area contributed by atoms with E-state index < -0.39 is 15.9 Å². The molecule has 3 aromatic rings. The first-order valence-corrected chi connectivity index (χ1v) is 9.76. The Balaban J connectivity index is 1.86. The van der Waals surface area contributed by atoms with Crippen LogP contribution in [-0.2, 0) is 16.6 Å². The van der Waals surface area contributed by atoms with Gasteiger partial charge in [-0.1, -0.05) is 13.8 Å². The molecule has 0 bridgehead atoms. The van der Waals surface area contributed by atoms with Crippen LogP contribution < -0.4 is 10.5 Å². The second-order valence-corrected chi connectivity index (χ2v) is 8.31. The molecule has 136 valence electrons. The Hall–Kier alpha value is -2.80. The number of carbonyl (C=O) groups excluding carboxylic acids is 1. The fourth-order valence-electron chi connectivity index (χ4n) is 2.83. The standard InChI is InChI=1S/C19H21N3O3S/c1-13(2)12-22-10-9-15-11-16(5-8-18(15)22)21-26(24,25)17-6-3-14(4-7-17)19(20)23/h3-11,13,21H,12H2,1-2H3,(H2,20,23). The molecule has 1 heterocycles. The van der Waals surface area contributed by atoms with Gasteiger partial charge in [-0.25, -0.2) is 8.42 Å². The Morgan fingerprint density at radius 3 is 2.42 bits per heavy atom. The van der Waals surface area contributed by atoms with Gasteiger partial charge in [0.15, 0.2) is 0 Å². The number of nitrogens with two attached hydrogens (primary N) is 1. The van der Waals surface area contributed by atoms with E-state index in [9.17, 15) is 13.2 Å². The lowest BCUT2D eigenvalue weighted by Crippen LogP contribution is -2.14. The summed E-state index contributed by atoms with van der Waals surface area (Å²) in [6.07, 6.45) is 2.01. The predicted molar refractivity (Wildman–Crippen MR) is 103 cm³/mol. The lowest BCUT2D eigenvalue weighted by molar-refractivity contribution is 0.1000. The number of fused-ring (bicyclic) bond motifs is 1. The summed E-state index contributed by atoms with van der Waals surface area (Å²) in [5.41, 5.74) is 6.98. The zero-order chi connectivity index (χ0) is 18.9. The zero-order valence-corrected chi connectivity index (χ0v) is 15.5. The average Bonchev–Trinajstić information content (AvgIpc) is 2.96. The van der Waals surface area contributed by atoms with Gasteiger partial charge < -0.3 is 10.3 Å². The number of rotatable bonds is 6. The van der Waals surface area contributed by atoms with Gasteiger partial charge in [-0.3, -0.25) is 9.52 Å². The molecular weight excluding hydrogens is 350 g/mol. The van der Waals surface area contributed by atoms with Crippen molar-refractivity contribution in [2.75, 3.05) is 4.72 Å². The van der Waals surface area contributed by atoms with E-state index in [1.54, 1.807) is 6.07 Å². The molecule has 6 nitrogen and oxygen atoms in total. The monoisotopic (exact) mass is 371 g/mol. The molecule has 7 heteroatoms. The number of sulfonamides is 1. The Kier molecular flexibility index (Phi) is 4.73. The van der Waals surface area contributed by atoms with Crippen molar-refractivity contribution < 1.29 is 13.2 Å². The van der Waals surface area contributed by atoms with Gasteiger partial charge >= 0.3 is 0 Å². The summed E-state index contributed by atoms with van der Waals surface area (Å²) in [7, 11) is -3.75. The van der Waals surface area contributed by atoms with E-state index in [0.717, 1.165) is 17.4 Å². The van der Waals surface area contributed by atoms with E-state index in [0.29, 0.717) is 11.6 Å². The fourth-order valence-corrected chi connectivity index (χ4v) is 3.88. The molecule has 0 aliphatic heterocycles. The van der Waals surface area contributed by atoms with Crippen molar-refractivity contribution in [3.8, 4) is 0 Å². The van der Waals surface area contributed by atoms with Gasteiger partial charge in [-0.2, -0.15) is 0 Å². The highest BCUT2D eigenvalue weighted by molar-refractivity contribution is 7.92. The fraction of sp³-hybridized carbons (Fsp3) is 0.211. The molecule has 26 heavy (non-hydrogen) atoms. The first-order valence-electron chi connectivity index (χ1n) is 8.28. The molecule has 0 spiro atoms. The molecule has 3 N–H and O–H groups in total. The van der Waals surface area contributed by atoms with Crippen molar-refractivity contribution in [3.05, 3.63) is 60.3 Å². The van der Waals surface area contributed by atoms with E-state index in [-0.39, 0.29) is 10.5 Å². The largest absolute Gasteiger partial charge is 0.366 e. The van der Waals surface area contributed by atoms with E-state index in [2.05, 4.69) is 23.1 Å². The van der Waals surface area contributed by atoms with Gasteiger partial charge in [-0.05, 0) is 54.4 Å². The minimum Gasteiger partial charge on any atom is -0.366 e. The van der Waals surface area contributed by atoms with E-state index >= 15 is 0 Å². The van der Waals surface area contributed by atoms with Crippen molar-refractivity contribution >= 4 is 32.5 Å². The van der Waals surface area contributed by atoms with Crippen LogP contribution in [0.4, 0.5) is 5.69 Å². The highest BCUT2D eigenvalue weighted by atomic mass is 32.2. The maximum Gasteiger partial charge on any atom is 0.261 e. The maximum absolute atomic E-state index is 12.5. The molecule has 0 radical (unpaired) electrons. The van der Waals surface area contributed by atoms with Crippen LogP contribution in [0.5, 0.6) is 0 Å². The number of hydrogen-bond donors (Lipinski definition) is 2. The third-order valence-electron chi connectivity index (χ3n) is 4.03. The topological polar surface area (TPSA) is 94.2 Å². The molecule has 0 saturated carbocycles. The second kappa shape index (κ2) is 6.84. The number of hydrogen-bond acceptors (Lipinski definition) is 3. The SMILES string of the molecule is CC(C)Cn1ccc2cc(NS(=O)(=O)c3ccc(C(N)=O)cc3)ccc21. The Morgan fingerprint density at radius 2 is 1.81 bits per heavy atom. The first kappa shape index (κ1) is 18.0. The number of aromatic nitrogens is 1. The van der Waals surface area contributed by atoms with Crippen LogP contribution >= 0.6 is 0 Å². The molecule has 0 aliphatic carbocycles. The van der Waals surface area contributed by atoms with Crippen LogP contribution in [0.1, 0.15) is 24.2 Å². The molecule has 0 atom stereocenters. The number of carbonyl (C=O) groups is 1. The molecule has 0 aliphatic rings. The van der Waals surface area contributed by atoms with Crippen LogP contribution in [0.3, 0.4) is 0 Å². The predicted octanol–water partition coefficient (Wildman–Crippen LogP) is 3.20. The van der Waals surface area contributed by atoms with Crippen molar-refractivity contribution in [2.45, 2.75) is 25.3 Å². The summed E-state index contributed by atoms with van der Waals surface area (Å²) >= 11 is 0. The van der Waals surface area contributed by atoms with Gasteiger partial charge in [0.25, 0.3) is 10.0 Å². The van der Waals surface area contributed by atoms with Crippen LogP contribution in [0.2, 0.25) is 0 Å². The van der Waals surface area contributed by atoms with Gasteiger partial charge in [-0.15, -0.1) is 0 Å². The normalized spacial score (nSPS) is 11.8. The highest BCUT2D eigenvalue weighted by Gasteiger charge is 2.15. The number of benzene rings is 2. The summed E-state index contributed by atoms with van der Waals surface area (Å²) in [5, 5.41) is 0.968. The van der Waals surface area contributed by atoms with Crippen molar-refractivity contribution in [1.29, 1.82) is 0 Å². The minimum absolute atomic E-state index is 0.0694. The lowest BCUT2D eigenvalue weighted by atomic mass is 10.2. The number of nitrogens with zero attached hydrogens (tertiary/aromatic N) is 1. The summed E-state index contributed by atoms with van der Waals surface area (Å²) < 4.78 is 29.8. The minimum atomic E-state index is -3.75. The molecule has 2 aromatic carbocycles. The van der Waals surface area contributed by atoms with Crippen molar-refractivity contribution in [1.82, 2.24) is 4.57 Å². The molecule has 1 aromatic heterocycles. The van der Waals surface area contributed by atoms with E-state index in [1.165, 1.54) is 24.3 Å². The van der Waals surface area contributed by atoms with Crippen molar-refractivity contribution in [2.24, 2.45) is 11.7 Å². The third kappa shape index (κ3) is 3.72. The molecule has 0 fully saturated rings. The van der Waals surface area contributed by atoms with Crippen molar-refractivity contribution in [3.63, 3.8) is 0 Å². The van der Waals surface area contributed by atoms with E-state index in [1.807, 2.05) is 24.4 Å². The summed E-state index contributed by atoms with van der Waals surface area (Å²) in [6, 6.07) is 12.9. The third-order valence-corrected chi connectivity index (χ3v) is 5.43. The quantitative estimate of drug-likeness (QED) is 0.697. The summed E-state index contributed by atoms with van der Waals surface area (Å²) in [6.45, 7) is 5.20. The molecular formula is C19H21N3O3S. The number of anilines is 1. The maximum atomic E-state index is 12.5. The molecule has 1 amide bonds. The lowest BCUT2D eigenvalue weighted by Gasteiger charge is -2.10. The smallest absolute Gasteiger partial charge is 0.261 e. The van der Waals surface area contributed by atoms with Crippen LogP contribution in [-0.4, -0.2) is 18.9 Å². The van der Waals surface area contributed by atoms with Gasteiger partial charge in [0.05, 0.1) is 4.90 Å². The Bertz CT molecular complexity index is 1050. The number of amides is 1. The second-order valence-electron chi connectivity index (χ2n) is 6.63. The zero-order valence-electron chi connectivity index (χ0n) is 14.6.